The monoisotopic (exact) mass is 328 g/mol. The molecule has 1 amide bonds. The highest BCUT2D eigenvalue weighted by Gasteiger charge is 2.20. The third-order valence-corrected chi connectivity index (χ3v) is 4.31. The minimum Gasteiger partial charge on any atom is -0.357 e. The van der Waals surface area contributed by atoms with Crippen LogP contribution in [0.25, 0.3) is 0 Å². The predicted molar refractivity (Wildman–Crippen MR) is 92.5 cm³/mol. The van der Waals surface area contributed by atoms with Crippen molar-refractivity contribution in [1.29, 1.82) is 0 Å². The van der Waals surface area contributed by atoms with Crippen LogP contribution in [0, 0.1) is 0 Å². The smallest absolute Gasteiger partial charge is 0.242 e. The Balaban J connectivity index is 1.57. The number of carbonyl (C=O) groups is 1. The van der Waals surface area contributed by atoms with Crippen LogP contribution in [0.2, 0.25) is 0 Å². The first-order valence-corrected chi connectivity index (χ1v) is 8.31. The summed E-state index contributed by atoms with van der Waals surface area (Å²) in [5, 5.41) is 10.1. The average molecular weight is 328 g/mol. The summed E-state index contributed by atoms with van der Waals surface area (Å²) in [6.07, 6.45) is 7.85. The maximum Gasteiger partial charge on any atom is 0.242 e. The fraction of sp³-hybridized carbons (Fsp3) is 0.471. The van der Waals surface area contributed by atoms with Gasteiger partial charge in [-0.2, -0.15) is 5.10 Å². The van der Waals surface area contributed by atoms with Crippen LogP contribution in [0.3, 0.4) is 0 Å². The zero-order valence-corrected chi connectivity index (χ0v) is 14.2. The van der Waals surface area contributed by atoms with Crippen LogP contribution in [0.15, 0.2) is 30.7 Å². The third-order valence-electron chi connectivity index (χ3n) is 4.31. The second-order valence-electron chi connectivity index (χ2n) is 6.11. The molecule has 7 nitrogen and oxygen atoms in total. The highest BCUT2D eigenvalue weighted by atomic mass is 16.2. The lowest BCUT2D eigenvalue weighted by molar-refractivity contribution is -0.123. The van der Waals surface area contributed by atoms with E-state index in [0.717, 1.165) is 30.0 Å². The van der Waals surface area contributed by atoms with Crippen LogP contribution in [0.5, 0.6) is 0 Å². The van der Waals surface area contributed by atoms with E-state index in [9.17, 15) is 4.79 Å². The Morgan fingerprint density at radius 2 is 2.08 bits per heavy atom. The van der Waals surface area contributed by atoms with Crippen LogP contribution >= 0.6 is 0 Å². The largest absolute Gasteiger partial charge is 0.357 e. The molecule has 1 saturated heterocycles. The van der Waals surface area contributed by atoms with Gasteiger partial charge in [-0.15, -0.1) is 0 Å². The molecule has 1 aliphatic heterocycles. The first-order chi connectivity index (χ1) is 11.7. The van der Waals surface area contributed by atoms with E-state index in [-0.39, 0.29) is 5.91 Å². The minimum atomic E-state index is -0.407. The molecule has 1 aliphatic rings. The lowest BCUT2D eigenvalue weighted by atomic mass is 10.1. The maximum atomic E-state index is 12.4. The molecule has 1 unspecified atom stereocenters. The van der Waals surface area contributed by atoms with Crippen LogP contribution in [-0.4, -0.2) is 40.8 Å². The molecule has 0 aromatic carbocycles. The number of aryl methyl sites for hydroxylation is 1. The Bertz CT molecular complexity index is 675. The quantitative estimate of drug-likeness (QED) is 0.827. The number of amides is 1. The average Bonchev–Trinajstić information content (AvgIpc) is 3.26. The fourth-order valence-corrected chi connectivity index (χ4v) is 2.98. The summed E-state index contributed by atoms with van der Waals surface area (Å²) in [6.45, 7) is 2.63. The van der Waals surface area contributed by atoms with Gasteiger partial charge in [0.2, 0.25) is 5.91 Å². The molecule has 0 spiro atoms. The molecule has 1 fully saturated rings. The van der Waals surface area contributed by atoms with Gasteiger partial charge in [0.05, 0.1) is 6.20 Å². The van der Waals surface area contributed by atoms with E-state index in [1.54, 1.807) is 17.9 Å². The molecule has 0 saturated carbocycles. The summed E-state index contributed by atoms with van der Waals surface area (Å²) in [6, 6.07) is 3.65. The molecule has 2 N–H and O–H groups in total. The summed E-state index contributed by atoms with van der Waals surface area (Å²) in [7, 11) is 3.60. The van der Waals surface area contributed by atoms with E-state index in [2.05, 4.69) is 25.6 Å². The minimum absolute atomic E-state index is 0.0749. The van der Waals surface area contributed by atoms with Gasteiger partial charge in [0.25, 0.3) is 0 Å². The van der Waals surface area contributed by atoms with Crippen LogP contribution in [0.1, 0.15) is 30.0 Å². The number of aromatic nitrogens is 3. The van der Waals surface area contributed by atoms with Crippen molar-refractivity contribution in [3.8, 4) is 0 Å². The van der Waals surface area contributed by atoms with Gasteiger partial charge in [0.15, 0.2) is 0 Å². The molecule has 2 aromatic heterocycles. The van der Waals surface area contributed by atoms with Crippen molar-refractivity contribution in [2.75, 3.05) is 25.0 Å². The molecule has 0 bridgehead atoms. The van der Waals surface area contributed by atoms with Gasteiger partial charge < -0.3 is 15.5 Å². The molecule has 3 heterocycles. The van der Waals surface area contributed by atoms with E-state index in [1.165, 1.54) is 12.8 Å². The van der Waals surface area contributed by atoms with E-state index < -0.39 is 6.04 Å². The van der Waals surface area contributed by atoms with Gasteiger partial charge in [0, 0.05) is 44.6 Å². The normalized spacial score (nSPS) is 15.5. The summed E-state index contributed by atoms with van der Waals surface area (Å²) < 4.78 is 1.69. The topological polar surface area (TPSA) is 75.1 Å². The van der Waals surface area contributed by atoms with Gasteiger partial charge in [-0.25, -0.2) is 4.98 Å². The molecular formula is C17H24N6O. The molecule has 0 radical (unpaired) electrons. The van der Waals surface area contributed by atoms with E-state index in [0.29, 0.717) is 6.54 Å². The SMILES string of the molecule is CNC(C(=O)NCc1ccc(N2CCCC2)nc1)c1cnn(C)c1. The number of carbonyl (C=O) groups excluding carboxylic acids is 1. The summed E-state index contributed by atoms with van der Waals surface area (Å²) in [4.78, 5) is 19.2. The van der Waals surface area contributed by atoms with Gasteiger partial charge >= 0.3 is 0 Å². The Kier molecular flexibility index (Phi) is 5.10. The van der Waals surface area contributed by atoms with Crippen molar-refractivity contribution in [2.24, 2.45) is 7.05 Å². The molecule has 3 rings (SSSR count). The lowest BCUT2D eigenvalue weighted by Crippen LogP contribution is -2.35. The van der Waals surface area contributed by atoms with Gasteiger partial charge in [-0.3, -0.25) is 9.48 Å². The van der Waals surface area contributed by atoms with E-state index >= 15 is 0 Å². The molecule has 0 aliphatic carbocycles. The zero-order valence-electron chi connectivity index (χ0n) is 14.2. The Morgan fingerprint density at radius 3 is 2.67 bits per heavy atom. The number of rotatable bonds is 6. The molecule has 1 atom stereocenters. The Hall–Kier alpha value is -2.41. The van der Waals surface area contributed by atoms with Gasteiger partial charge in [0.1, 0.15) is 11.9 Å². The number of hydrogen-bond acceptors (Lipinski definition) is 5. The second-order valence-corrected chi connectivity index (χ2v) is 6.11. The van der Waals surface area contributed by atoms with E-state index in [1.807, 2.05) is 31.6 Å². The van der Waals surface area contributed by atoms with Crippen molar-refractivity contribution >= 4 is 11.7 Å². The lowest BCUT2D eigenvalue weighted by Gasteiger charge is -2.17. The van der Waals surface area contributed by atoms with Crippen molar-refractivity contribution in [1.82, 2.24) is 25.4 Å². The Labute approximate surface area is 142 Å². The zero-order chi connectivity index (χ0) is 16.9. The summed E-state index contributed by atoms with van der Waals surface area (Å²) >= 11 is 0. The van der Waals surface area contributed by atoms with E-state index in [4.69, 9.17) is 0 Å². The third kappa shape index (κ3) is 3.73. The first kappa shape index (κ1) is 16.4. The van der Waals surface area contributed by atoms with Crippen molar-refractivity contribution in [3.05, 3.63) is 41.9 Å². The van der Waals surface area contributed by atoms with Crippen LogP contribution in [0.4, 0.5) is 5.82 Å². The molecule has 7 heteroatoms. The molecule has 128 valence electrons. The number of nitrogens with one attached hydrogen (secondary N) is 2. The highest BCUT2D eigenvalue weighted by Crippen LogP contribution is 2.17. The second kappa shape index (κ2) is 7.44. The van der Waals surface area contributed by atoms with Crippen LogP contribution in [-0.2, 0) is 18.4 Å². The summed E-state index contributed by atoms with van der Waals surface area (Å²) in [5.74, 6) is 0.945. The van der Waals surface area contributed by atoms with Crippen molar-refractivity contribution in [3.63, 3.8) is 0 Å². The fourth-order valence-electron chi connectivity index (χ4n) is 2.98. The number of hydrogen-bond donors (Lipinski definition) is 2. The maximum absolute atomic E-state index is 12.4. The number of pyridine rings is 1. The van der Waals surface area contributed by atoms with Crippen molar-refractivity contribution in [2.45, 2.75) is 25.4 Å². The number of likely N-dealkylation sites (N-methyl/N-ethyl adjacent to an activating group) is 1. The van der Waals surface area contributed by atoms with Gasteiger partial charge in [-0.05, 0) is 31.5 Å². The number of nitrogens with zero attached hydrogens (tertiary/aromatic N) is 4. The van der Waals surface area contributed by atoms with Gasteiger partial charge in [-0.1, -0.05) is 6.07 Å². The molecule has 2 aromatic rings. The van der Waals surface area contributed by atoms with Crippen LogP contribution < -0.4 is 15.5 Å². The highest BCUT2D eigenvalue weighted by molar-refractivity contribution is 5.83. The first-order valence-electron chi connectivity index (χ1n) is 8.31. The standard InChI is InChI=1S/C17H24N6O/c1-18-16(14-11-21-22(2)12-14)17(24)20-10-13-5-6-15(19-9-13)23-7-3-4-8-23/h5-6,9,11-12,16,18H,3-4,7-8,10H2,1-2H3,(H,20,24). The number of anilines is 1. The summed E-state index contributed by atoms with van der Waals surface area (Å²) in [5.41, 5.74) is 1.84. The predicted octanol–water partition coefficient (Wildman–Crippen LogP) is 0.992. The molecule has 24 heavy (non-hydrogen) atoms. The molecular weight excluding hydrogens is 304 g/mol. The van der Waals surface area contributed by atoms with Crippen molar-refractivity contribution < 1.29 is 4.79 Å². The Morgan fingerprint density at radius 1 is 1.29 bits per heavy atom.